The first-order chi connectivity index (χ1) is 8.61. The molecule has 0 fully saturated rings. The Morgan fingerprint density at radius 1 is 0.944 bits per heavy atom. The lowest BCUT2D eigenvalue weighted by Gasteiger charge is -2.21. The smallest absolute Gasteiger partial charge is 0.101 e. The summed E-state index contributed by atoms with van der Waals surface area (Å²) in [6.45, 7) is 4.06. The maximum atomic E-state index is 9.21. The summed E-state index contributed by atoms with van der Waals surface area (Å²) < 4.78 is 0. The summed E-state index contributed by atoms with van der Waals surface area (Å²) in [5.41, 5.74) is 5.06. The van der Waals surface area contributed by atoms with Gasteiger partial charge < -0.3 is 4.90 Å². The molecule has 0 aliphatic heterocycles. The van der Waals surface area contributed by atoms with E-state index in [9.17, 15) is 5.26 Å². The van der Waals surface area contributed by atoms with Crippen molar-refractivity contribution in [2.24, 2.45) is 0 Å². The van der Waals surface area contributed by atoms with Crippen LogP contribution in [-0.4, -0.2) is 7.05 Å². The lowest BCUT2D eigenvalue weighted by atomic mass is 10.1. The third kappa shape index (κ3) is 2.36. The van der Waals surface area contributed by atoms with Gasteiger partial charge in [-0.05, 0) is 43.7 Å². The highest BCUT2D eigenvalue weighted by atomic mass is 15.1. The molecule has 0 aliphatic carbocycles. The van der Waals surface area contributed by atoms with E-state index in [0.29, 0.717) is 5.56 Å². The Kier molecular flexibility index (Phi) is 3.34. The Balaban J connectivity index is 2.43. The van der Waals surface area contributed by atoms with Gasteiger partial charge in [0.15, 0.2) is 0 Å². The van der Waals surface area contributed by atoms with Crippen molar-refractivity contribution in [3.05, 3.63) is 59.2 Å². The van der Waals surface area contributed by atoms with Crippen LogP contribution in [0.2, 0.25) is 0 Å². The lowest BCUT2D eigenvalue weighted by Crippen LogP contribution is -2.11. The molecule has 2 aromatic carbocycles. The van der Waals surface area contributed by atoms with Gasteiger partial charge in [0, 0.05) is 12.7 Å². The molecule has 0 saturated carbocycles. The Labute approximate surface area is 108 Å². The van der Waals surface area contributed by atoms with Crippen molar-refractivity contribution in [2.45, 2.75) is 13.8 Å². The number of benzene rings is 2. The van der Waals surface area contributed by atoms with Gasteiger partial charge in [0.05, 0.1) is 11.3 Å². The third-order valence-electron chi connectivity index (χ3n) is 3.06. The van der Waals surface area contributed by atoms with Crippen LogP contribution in [0.25, 0.3) is 0 Å². The van der Waals surface area contributed by atoms with Crippen LogP contribution in [0.3, 0.4) is 0 Å². The van der Waals surface area contributed by atoms with Gasteiger partial charge in [0.25, 0.3) is 0 Å². The summed E-state index contributed by atoms with van der Waals surface area (Å²) in [6, 6.07) is 16.5. The fraction of sp³-hybridized carbons (Fsp3) is 0.188. The van der Waals surface area contributed by atoms with Crippen LogP contribution in [0.5, 0.6) is 0 Å². The van der Waals surface area contributed by atoms with Crippen molar-refractivity contribution < 1.29 is 0 Å². The van der Waals surface area contributed by atoms with Crippen LogP contribution in [0.4, 0.5) is 11.4 Å². The SMILES string of the molecule is Cc1ccc(N(C)c2ccc(C)cc2C#N)cc1. The molecular formula is C16H16N2. The van der Waals surface area contributed by atoms with E-state index in [2.05, 4.69) is 37.3 Å². The molecule has 0 amide bonds. The van der Waals surface area contributed by atoms with Crippen molar-refractivity contribution in [1.29, 1.82) is 5.26 Å². The number of aryl methyl sites for hydroxylation is 2. The molecule has 0 atom stereocenters. The van der Waals surface area contributed by atoms with Gasteiger partial charge >= 0.3 is 0 Å². The molecule has 0 bridgehead atoms. The lowest BCUT2D eigenvalue weighted by molar-refractivity contribution is 1.19. The van der Waals surface area contributed by atoms with E-state index < -0.39 is 0 Å². The molecule has 0 aliphatic rings. The third-order valence-corrected chi connectivity index (χ3v) is 3.06. The van der Waals surface area contributed by atoms with E-state index in [4.69, 9.17) is 0 Å². The van der Waals surface area contributed by atoms with E-state index in [1.54, 1.807) is 0 Å². The topological polar surface area (TPSA) is 27.0 Å². The number of hydrogen-bond donors (Lipinski definition) is 0. The minimum absolute atomic E-state index is 0.707. The number of nitrogens with zero attached hydrogens (tertiary/aromatic N) is 2. The van der Waals surface area contributed by atoms with Crippen molar-refractivity contribution >= 4 is 11.4 Å². The number of anilines is 2. The standard InChI is InChI=1S/C16H16N2/c1-12-4-7-15(8-5-12)18(3)16-9-6-13(2)10-14(16)11-17/h4-10H,1-3H3. The molecule has 0 unspecified atom stereocenters. The van der Waals surface area contributed by atoms with Gasteiger partial charge in [-0.25, -0.2) is 0 Å². The van der Waals surface area contributed by atoms with Crippen LogP contribution in [0.15, 0.2) is 42.5 Å². The van der Waals surface area contributed by atoms with Crippen molar-refractivity contribution in [1.82, 2.24) is 0 Å². The van der Waals surface area contributed by atoms with E-state index in [0.717, 1.165) is 16.9 Å². The average molecular weight is 236 g/mol. The minimum Gasteiger partial charge on any atom is -0.344 e. The molecule has 2 heteroatoms. The molecule has 2 nitrogen and oxygen atoms in total. The highest BCUT2D eigenvalue weighted by molar-refractivity contribution is 5.69. The molecule has 90 valence electrons. The Bertz CT molecular complexity index is 591. The first-order valence-electron chi connectivity index (χ1n) is 5.93. The van der Waals surface area contributed by atoms with E-state index >= 15 is 0 Å². The second-order valence-electron chi connectivity index (χ2n) is 4.53. The van der Waals surface area contributed by atoms with E-state index in [1.807, 2.05) is 37.1 Å². The molecule has 0 spiro atoms. The van der Waals surface area contributed by atoms with Crippen molar-refractivity contribution in [3.8, 4) is 6.07 Å². The molecule has 2 aromatic rings. The van der Waals surface area contributed by atoms with Crippen LogP contribution in [0, 0.1) is 25.2 Å². The van der Waals surface area contributed by atoms with Crippen LogP contribution >= 0.6 is 0 Å². The van der Waals surface area contributed by atoms with Gasteiger partial charge in [-0.3, -0.25) is 0 Å². The molecule has 18 heavy (non-hydrogen) atoms. The van der Waals surface area contributed by atoms with Crippen LogP contribution < -0.4 is 4.90 Å². The summed E-state index contributed by atoms with van der Waals surface area (Å²) in [6.07, 6.45) is 0. The second-order valence-corrected chi connectivity index (χ2v) is 4.53. The fourth-order valence-corrected chi connectivity index (χ4v) is 1.94. The predicted octanol–water partition coefficient (Wildman–Crippen LogP) is 3.94. The maximum Gasteiger partial charge on any atom is 0.101 e. The van der Waals surface area contributed by atoms with Gasteiger partial charge in [-0.2, -0.15) is 5.26 Å². The van der Waals surface area contributed by atoms with Crippen molar-refractivity contribution in [2.75, 3.05) is 11.9 Å². The van der Waals surface area contributed by atoms with Crippen LogP contribution in [-0.2, 0) is 0 Å². The zero-order chi connectivity index (χ0) is 13.1. The summed E-state index contributed by atoms with van der Waals surface area (Å²) >= 11 is 0. The second kappa shape index (κ2) is 4.93. The molecule has 0 heterocycles. The number of rotatable bonds is 2. The summed E-state index contributed by atoms with van der Waals surface area (Å²) in [7, 11) is 1.98. The predicted molar refractivity (Wildman–Crippen MR) is 75.1 cm³/mol. The summed E-state index contributed by atoms with van der Waals surface area (Å²) in [5, 5.41) is 9.21. The van der Waals surface area contributed by atoms with Crippen molar-refractivity contribution in [3.63, 3.8) is 0 Å². The van der Waals surface area contributed by atoms with E-state index in [-0.39, 0.29) is 0 Å². The normalized spacial score (nSPS) is 9.89. The van der Waals surface area contributed by atoms with Gasteiger partial charge in [0.1, 0.15) is 6.07 Å². The monoisotopic (exact) mass is 236 g/mol. The quantitative estimate of drug-likeness (QED) is 0.789. The minimum atomic E-state index is 0.707. The molecule has 0 radical (unpaired) electrons. The molecule has 0 aromatic heterocycles. The first-order valence-corrected chi connectivity index (χ1v) is 5.93. The maximum absolute atomic E-state index is 9.21. The number of nitriles is 1. The zero-order valence-electron chi connectivity index (χ0n) is 10.9. The van der Waals surface area contributed by atoms with Gasteiger partial charge in [-0.15, -0.1) is 0 Å². The number of hydrogen-bond acceptors (Lipinski definition) is 2. The molecule has 0 saturated heterocycles. The Hall–Kier alpha value is -2.27. The molecular weight excluding hydrogens is 220 g/mol. The highest BCUT2D eigenvalue weighted by Gasteiger charge is 2.09. The first kappa shape index (κ1) is 12.2. The Morgan fingerprint density at radius 3 is 2.17 bits per heavy atom. The Morgan fingerprint density at radius 2 is 1.56 bits per heavy atom. The van der Waals surface area contributed by atoms with Crippen LogP contribution in [0.1, 0.15) is 16.7 Å². The largest absolute Gasteiger partial charge is 0.344 e. The zero-order valence-corrected chi connectivity index (χ0v) is 10.9. The van der Waals surface area contributed by atoms with Gasteiger partial charge in [0.2, 0.25) is 0 Å². The average Bonchev–Trinajstić information content (AvgIpc) is 2.38. The van der Waals surface area contributed by atoms with Gasteiger partial charge in [-0.1, -0.05) is 23.8 Å². The fourth-order valence-electron chi connectivity index (χ4n) is 1.94. The summed E-state index contributed by atoms with van der Waals surface area (Å²) in [5.74, 6) is 0. The highest BCUT2D eigenvalue weighted by Crippen LogP contribution is 2.27. The summed E-state index contributed by atoms with van der Waals surface area (Å²) in [4.78, 5) is 2.04. The molecule has 0 N–H and O–H groups in total. The molecule has 2 rings (SSSR count). The van der Waals surface area contributed by atoms with E-state index in [1.165, 1.54) is 5.56 Å².